The minimum Gasteiger partial charge on any atom is -0.306 e. The van der Waals surface area contributed by atoms with Gasteiger partial charge in [0.25, 0.3) is 0 Å². The second-order valence-electron chi connectivity index (χ2n) is 4.30. The first-order chi connectivity index (χ1) is 9.13. The maximum Gasteiger partial charge on any atom is 0.326 e. The van der Waals surface area contributed by atoms with Crippen LogP contribution < -0.4 is 5.69 Å². The molecule has 1 heterocycles. The van der Waals surface area contributed by atoms with Crippen molar-refractivity contribution < 1.29 is 0 Å². The van der Waals surface area contributed by atoms with Crippen LogP contribution in [-0.2, 0) is 6.54 Å². The van der Waals surface area contributed by atoms with E-state index in [9.17, 15) is 4.79 Å². The molecule has 0 unspecified atom stereocenters. The van der Waals surface area contributed by atoms with E-state index >= 15 is 0 Å². The molecule has 1 aromatic heterocycles. The maximum atomic E-state index is 12.0. The number of fused-ring (bicyclic) bond motifs is 1. The fourth-order valence-electron chi connectivity index (χ4n) is 2.06. The van der Waals surface area contributed by atoms with Crippen LogP contribution >= 0.6 is 27.5 Å². The van der Waals surface area contributed by atoms with Gasteiger partial charge in [-0.15, -0.1) is 0 Å². The van der Waals surface area contributed by atoms with Crippen LogP contribution in [0, 0.1) is 0 Å². The van der Waals surface area contributed by atoms with Crippen molar-refractivity contribution in [2.45, 2.75) is 6.54 Å². The molecule has 1 N–H and O–H groups in total. The standard InChI is InChI=1S/C14H10BrClN2O/c15-10-3-6-12-13(7-10)18(14(19)17-12)8-9-1-4-11(16)5-2-9/h1-7H,8H2,(H,17,19). The molecular formula is C14H10BrClN2O. The van der Waals surface area contributed by atoms with Crippen molar-refractivity contribution in [1.29, 1.82) is 0 Å². The summed E-state index contributed by atoms with van der Waals surface area (Å²) < 4.78 is 2.66. The van der Waals surface area contributed by atoms with Gasteiger partial charge >= 0.3 is 5.69 Å². The minimum atomic E-state index is -0.108. The van der Waals surface area contributed by atoms with E-state index in [4.69, 9.17) is 11.6 Å². The smallest absolute Gasteiger partial charge is 0.306 e. The molecule has 3 rings (SSSR count). The number of aromatic nitrogens is 2. The zero-order chi connectivity index (χ0) is 13.4. The minimum absolute atomic E-state index is 0.108. The molecule has 5 heteroatoms. The number of nitrogens with zero attached hydrogens (tertiary/aromatic N) is 1. The summed E-state index contributed by atoms with van der Waals surface area (Å²) in [5, 5.41) is 0.692. The highest BCUT2D eigenvalue weighted by Crippen LogP contribution is 2.18. The molecule has 0 saturated carbocycles. The van der Waals surface area contributed by atoms with E-state index in [1.807, 2.05) is 42.5 Å². The van der Waals surface area contributed by atoms with Crippen molar-refractivity contribution >= 4 is 38.6 Å². The molecule has 0 aliphatic carbocycles. The van der Waals surface area contributed by atoms with Crippen molar-refractivity contribution in [3.63, 3.8) is 0 Å². The molecule has 0 aliphatic rings. The molecule has 96 valence electrons. The number of halogens is 2. The van der Waals surface area contributed by atoms with E-state index in [1.54, 1.807) is 4.57 Å². The lowest BCUT2D eigenvalue weighted by Gasteiger charge is -2.04. The largest absolute Gasteiger partial charge is 0.326 e. The van der Waals surface area contributed by atoms with Crippen molar-refractivity contribution in [3.8, 4) is 0 Å². The molecule has 0 atom stereocenters. The summed E-state index contributed by atoms with van der Waals surface area (Å²) in [5.41, 5.74) is 2.65. The lowest BCUT2D eigenvalue weighted by atomic mass is 10.2. The summed E-state index contributed by atoms with van der Waals surface area (Å²) in [7, 11) is 0. The van der Waals surface area contributed by atoms with E-state index in [1.165, 1.54) is 0 Å². The van der Waals surface area contributed by atoms with E-state index in [-0.39, 0.29) is 5.69 Å². The average molecular weight is 338 g/mol. The first kappa shape index (κ1) is 12.5. The number of nitrogens with one attached hydrogen (secondary N) is 1. The number of imidazole rings is 1. The number of rotatable bonds is 2. The fourth-order valence-corrected chi connectivity index (χ4v) is 2.53. The third-order valence-corrected chi connectivity index (χ3v) is 3.74. The predicted molar refractivity (Wildman–Crippen MR) is 80.8 cm³/mol. The van der Waals surface area contributed by atoms with Crippen molar-refractivity contribution in [1.82, 2.24) is 9.55 Å². The fraction of sp³-hybridized carbons (Fsp3) is 0.0714. The summed E-state index contributed by atoms with van der Waals surface area (Å²) >= 11 is 9.28. The Labute approximate surface area is 123 Å². The van der Waals surface area contributed by atoms with Gasteiger partial charge in [0, 0.05) is 9.50 Å². The van der Waals surface area contributed by atoms with E-state index < -0.39 is 0 Å². The zero-order valence-electron chi connectivity index (χ0n) is 9.86. The SMILES string of the molecule is O=c1[nH]c2ccc(Br)cc2n1Cc1ccc(Cl)cc1. The summed E-state index contributed by atoms with van der Waals surface area (Å²) in [6.07, 6.45) is 0. The number of hydrogen-bond acceptors (Lipinski definition) is 1. The maximum absolute atomic E-state index is 12.0. The Morgan fingerprint density at radius 2 is 1.89 bits per heavy atom. The molecule has 0 aliphatic heterocycles. The van der Waals surface area contributed by atoms with E-state index in [0.717, 1.165) is 21.1 Å². The number of hydrogen-bond donors (Lipinski definition) is 1. The highest BCUT2D eigenvalue weighted by atomic mass is 79.9. The Kier molecular flexibility index (Phi) is 3.21. The van der Waals surface area contributed by atoms with Gasteiger partial charge in [-0.1, -0.05) is 39.7 Å². The van der Waals surface area contributed by atoms with Gasteiger partial charge in [0.1, 0.15) is 0 Å². The van der Waals surface area contributed by atoms with Crippen LogP contribution in [0.3, 0.4) is 0 Å². The lowest BCUT2D eigenvalue weighted by molar-refractivity contribution is 0.787. The number of benzene rings is 2. The van der Waals surface area contributed by atoms with Crippen molar-refractivity contribution in [3.05, 3.63) is 68.0 Å². The third kappa shape index (κ3) is 2.46. The Hall–Kier alpha value is -1.52. The molecule has 3 nitrogen and oxygen atoms in total. The zero-order valence-corrected chi connectivity index (χ0v) is 12.2. The summed E-state index contributed by atoms with van der Waals surface area (Å²) in [5.74, 6) is 0. The normalized spacial score (nSPS) is 11.1. The van der Waals surface area contributed by atoms with Crippen molar-refractivity contribution in [2.75, 3.05) is 0 Å². The second-order valence-corrected chi connectivity index (χ2v) is 5.66. The highest BCUT2D eigenvalue weighted by Gasteiger charge is 2.07. The molecule has 0 spiro atoms. The molecule has 0 bridgehead atoms. The summed E-state index contributed by atoms with van der Waals surface area (Å²) in [4.78, 5) is 14.8. The molecule has 0 radical (unpaired) electrons. The van der Waals surface area contributed by atoms with Gasteiger partial charge in [0.15, 0.2) is 0 Å². The number of aromatic amines is 1. The van der Waals surface area contributed by atoms with Gasteiger partial charge in [-0.2, -0.15) is 0 Å². The van der Waals surface area contributed by atoms with Gasteiger partial charge < -0.3 is 4.98 Å². The summed E-state index contributed by atoms with van der Waals surface area (Å²) in [6, 6.07) is 13.2. The lowest BCUT2D eigenvalue weighted by Crippen LogP contribution is -2.17. The van der Waals surface area contributed by atoms with Gasteiger partial charge in [-0.25, -0.2) is 4.79 Å². The van der Waals surface area contributed by atoms with Crippen LogP contribution in [0.4, 0.5) is 0 Å². The monoisotopic (exact) mass is 336 g/mol. The van der Waals surface area contributed by atoms with Gasteiger partial charge in [-0.05, 0) is 35.9 Å². The Morgan fingerprint density at radius 1 is 1.16 bits per heavy atom. The van der Waals surface area contributed by atoms with Gasteiger partial charge in [0.05, 0.1) is 17.6 Å². The Bertz CT molecular complexity index is 789. The quantitative estimate of drug-likeness (QED) is 0.759. The molecule has 0 fully saturated rings. The van der Waals surface area contributed by atoms with Gasteiger partial charge in [0.2, 0.25) is 0 Å². The second kappa shape index (κ2) is 4.87. The molecule has 0 amide bonds. The van der Waals surface area contributed by atoms with E-state index in [2.05, 4.69) is 20.9 Å². The van der Waals surface area contributed by atoms with Crippen LogP contribution in [0.1, 0.15) is 5.56 Å². The molecule has 3 aromatic rings. The number of H-pyrrole nitrogens is 1. The predicted octanol–water partition coefficient (Wildman–Crippen LogP) is 3.79. The van der Waals surface area contributed by atoms with E-state index in [0.29, 0.717) is 11.6 Å². The van der Waals surface area contributed by atoms with Crippen LogP contribution in [0.25, 0.3) is 11.0 Å². The van der Waals surface area contributed by atoms with Crippen LogP contribution in [0.15, 0.2) is 51.7 Å². The summed E-state index contributed by atoms with van der Waals surface area (Å²) in [6.45, 7) is 0.520. The first-order valence-corrected chi connectivity index (χ1v) is 6.93. The third-order valence-electron chi connectivity index (χ3n) is 2.99. The molecule has 19 heavy (non-hydrogen) atoms. The first-order valence-electron chi connectivity index (χ1n) is 5.76. The Morgan fingerprint density at radius 3 is 2.63 bits per heavy atom. The average Bonchev–Trinajstić information content (AvgIpc) is 2.69. The topological polar surface area (TPSA) is 37.8 Å². The Balaban J connectivity index is 2.09. The van der Waals surface area contributed by atoms with Crippen molar-refractivity contribution in [2.24, 2.45) is 0 Å². The van der Waals surface area contributed by atoms with Crippen LogP contribution in [0.5, 0.6) is 0 Å². The molecule has 2 aromatic carbocycles. The van der Waals surface area contributed by atoms with Gasteiger partial charge in [-0.3, -0.25) is 4.57 Å². The molecule has 0 saturated heterocycles. The highest BCUT2D eigenvalue weighted by molar-refractivity contribution is 9.10. The van der Waals surface area contributed by atoms with Crippen LogP contribution in [-0.4, -0.2) is 9.55 Å². The molecular weight excluding hydrogens is 328 g/mol. The van der Waals surface area contributed by atoms with Crippen LogP contribution in [0.2, 0.25) is 5.02 Å².